The number of nitrogen functional groups attached to an aromatic ring is 1. The average Bonchev–Trinajstić information content (AvgIpc) is 3.07. The molecule has 0 atom stereocenters. The van der Waals surface area contributed by atoms with Crippen LogP contribution in [0.25, 0.3) is 21.1 Å². The van der Waals surface area contributed by atoms with Gasteiger partial charge >= 0.3 is 5.97 Å². The second-order valence-corrected chi connectivity index (χ2v) is 7.27. The van der Waals surface area contributed by atoms with Crippen molar-refractivity contribution in [3.63, 3.8) is 0 Å². The van der Waals surface area contributed by atoms with Crippen molar-refractivity contribution < 1.29 is 19.1 Å². The molecule has 0 saturated carbocycles. The molecular weight excluding hydrogens is 390 g/mol. The van der Waals surface area contributed by atoms with Crippen molar-refractivity contribution in [2.75, 3.05) is 25.3 Å². The Kier molecular flexibility index (Phi) is 4.77. The van der Waals surface area contributed by atoms with E-state index >= 15 is 0 Å². The number of esters is 1. The predicted octanol–water partition coefficient (Wildman–Crippen LogP) is 4.08. The van der Waals surface area contributed by atoms with Gasteiger partial charge in [0, 0.05) is 22.5 Å². The van der Waals surface area contributed by atoms with E-state index in [0.29, 0.717) is 32.4 Å². The van der Waals surface area contributed by atoms with Gasteiger partial charge in [-0.3, -0.25) is 4.79 Å². The first-order valence-corrected chi connectivity index (χ1v) is 9.48. The van der Waals surface area contributed by atoms with Gasteiger partial charge in [0.25, 0.3) is 5.91 Å². The minimum absolute atomic E-state index is 0.335. The number of rotatable bonds is 4. The molecule has 29 heavy (non-hydrogen) atoms. The Balaban J connectivity index is 1.65. The van der Waals surface area contributed by atoms with E-state index in [4.69, 9.17) is 10.5 Å². The summed E-state index contributed by atoms with van der Waals surface area (Å²) < 4.78 is 9.91. The average molecular weight is 407 g/mol. The van der Waals surface area contributed by atoms with E-state index in [2.05, 4.69) is 15.0 Å². The van der Waals surface area contributed by atoms with Crippen LogP contribution in [-0.2, 0) is 4.74 Å². The lowest BCUT2D eigenvalue weighted by atomic mass is 10.1. The fourth-order valence-electron chi connectivity index (χ4n) is 2.96. The number of pyridine rings is 1. The third kappa shape index (κ3) is 3.45. The molecule has 146 valence electrons. The van der Waals surface area contributed by atoms with Gasteiger partial charge in [-0.15, -0.1) is 11.3 Å². The number of nitrogens with zero attached hydrogens (tertiary/aromatic N) is 1. The van der Waals surface area contributed by atoms with Crippen molar-refractivity contribution in [1.29, 1.82) is 0 Å². The Bertz CT molecular complexity index is 1250. The zero-order valence-electron chi connectivity index (χ0n) is 15.7. The van der Waals surface area contributed by atoms with Crippen molar-refractivity contribution in [2.45, 2.75) is 0 Å². The van der Waals surface area contributed by atoms with Crippen LogP contribution in [0, 0.1) is 0 Å². The van der Waals surface area contributed by atoms with Gasteiger partial charge in [0.05, 0.1) is 31.0 Å². The van der Waals surface area contributed by atoms with Crippen LogP contribution in [0.4, 0.5) is 11.4 Å². The van der Waals surface area contributed by atoms with Crippen molar-refractivity contribution in [2.24, 2.45) is 0 Å². The molecule has 0 aliphatic carbocycles. The summed E-state index contributed by atoms with van der Waals surface area (Å²) in [6, 6.07) is 13.9. The summed E-state index contributed by atoms with van der Waals surface area (Å²) in [7, 11) is 2.92. The molecule has 4 rings (SSSR count). The lowest BCUT2D eigenvalue weighted by molar-refractivity contribution is 0.0600. The highest BCUT2D eigenvalue weighted by Gasteiger charge is 2.18. The van der Waals surface area contributed by atoms with E-state index in [1.807, 2.05) is 24.3 Å². The number of methoxy groups -OCH3 is 2. The molecule has 4 aromatic rings. The predicted molar refractivity (Wildman–Crippen MR) is 114 cm³/mol. The Labute approximate surface area is 170 Å². The fourth-order valence-corrected chi connectivity index (χ4v) is 3.94. The topological polar surface area (TPSA) is 104 Å². The number of fused-ring (bicyclic) bond motifs is 2. The molecule has 2 aromatic carbocycles. The molecule has 0 bridgehead atoms. The van der Waals surface area contributed by atoms with E-state index in [9.17, 15) is 9.59 Å². The number of ether oxygens (including phenoxy) is 2. The smallest absolute Gasteiger partial charge is 0.337 e. The second kappa shape index (κ2) is 7.40. The van der Waals surface area contributed by atoms with Gasteiger partial charge in [0.15, 0.2) is 0 Å². The zero-order chi connectivity index (χ0) is 20.5. The maximum absolute atomic E-state index is 12.8. The van der Waals surface area contributed by atoms with Crippen LogP contribution in [0.5, 0.6) is 5.75 Å². The van der Waals surface area contributed by atoms with Gasteiger partial charge in [-0.05, 0) is 42.5 Å². The van der Waals surface area contributed by atoms with Crippen LogP contribution in [0.2, 0.25) is 0 Å². The van der Waals surface area contributed by atoms with Crippen molar-refractivity contribution in [1.82, 2.24) is 4.98 Å². The van der Waals surface area contributed by atoms with E-state index in [0.717, 1.165) is 16.3 Å². The van der Waals surface area contributed by atoms with Crippen LogP contribution >= 0.6 is 11.3 Å². The number of carbonyl (C=O) groups is 2. The first-order valence-electron chi connectivity index (χ1n) is 8.66. The third-order valence-corrected chi connectivity index (χ3v) is 5.61. The molecular formula is C21H17N3O4S. The summed E-state index contributed by atoms with van der Waals surface area (Å²) in [5.74, 6) is -0.0633. The van der Waals surface area contributed by atoms with Gasteiger partial charge in [0.2, 0.25) is 0 Å². The zero-order valence-corrected chi connectivity index (χ0v) is 16.5. The van der Waals surface area contributed by atoms with Crippen LogP contribution in [-0.4, -0.2) is 31.1 Å². The number of carbonyl (C=O) groups excluding carboxylic acids is 2. The van der Waals surface area contributed by atoms with E-state index in [1.165, 1.54) is 18.4 Å². The van der Waals surface area contributed by atoms with E-state index in [-0.39, 0.29) is 5.91 Å². The largest absolute Gasteiger partial charge is 0.497 e. The molecule has 0 spiro atoms. The molecule has 0 saturated heterocycles. The standard InChI is InChI=1S/C21H17N3O4S/c1-27-14-8-5-12-9-15-17(22)18(29-20(15)24-16(12)10-14)19(25)23-13-6-3-11(4-7-13)21(26)28-2/h3-10H,22H2,1-2H3,(H,23,25). The number of hydrogen-bond acceptors (Lipinski definition) is 7. The SMILES string of the molecule is COC(=O)c1ccc(NC(=O)c2sc3nc4cc(OC)ccc4cc3c2N)cc1. The van der Waals surface area contributed by atoms with Crippen molar-refractivity contribution in [3.8, 4) is 5.75 Å². The second-order valence-electron chi connectivity index (χ2n) is 6.27. The summed E-state index contributed by atoms with van der Waals surface area (Å²) in [6.45, 7) is 0. The molecule has 0 aliphatic rings. The Morgan fingerprint density at radius 2 is 1.83 bits per heavy atom. The van der Waals surface area contributed by atoms with Gasteiger partial charge < -0.3 is 20.5 Å². The number of amides is 1. The molecule has 0 aliphatic heterocycles. The lowest BCUT2D eigenvalue weighted by Crippen LogP contribution is -2.12. The third-order valence-electron chi connectivity index (χ3n) is 4.49. The molecule has 7 nitrogen and oxygen atoms in total. The Morgan fingerprint density at radius 3 is 2.52 bits per heavy atom. The highest BCUT2D eigenvalue weighted by molar-refractivity contribution is 7.21. The molecule has 8 heteroatoms. The molecule has 1 amide bonds. The van der Waals surface area contributed by atoms with Crippen molar-refractivity contribution in [3.05, 3.63) is 59.0 Å². The maximum Gasteiger partial charge on any atom is 0.337 e. The number of hydrogen-bond donors (Lipinski definition) is 2. The van der Waals surface area contributed by atoms with Crippen LogP contribution in [0.1, 0.15) is 20.0 Å². The van der Waals surface area contributed by atoms with Gasteiger partial charge in [-0.2, -0.15) is 0 Å². The number of anilines is 2. The highest BCUT2D eigenvalue weighted by Crippen LogP contribution is 2.35. The number of nitrogens with two attached hydrogens (primary N) is 1. The van der Waals surface area contributed by atoms with E-state index < -0.39 is 5.97 Å². The number of aromatic nitrogens is 1. The van der Waals surface area contributed by atoms with Gasteiger partial charge in [0.1, 0.15) is 15.5 Å². The number of benzene rings is 2. The molecule has 0 fully saturated rings. The lowest BCUT2D eigenvalue weighted by Gasteiger charge is -2.05. The maximum atomic E-state index is 12.8. The minimum Gasteiger partial charge on any atom is -0.497 e. The quantitative estimate of drug-likeness (QED) is 0.494. The van der Waals surface area contributed by atoms with Crippen LogP contribution in [0.15, 0.2) is 48.5 Å². The normalized spacial score (nSPS) is 10.8. The molecule has 2 aromatic heterocycles. The minimum atomic E-state index is -0.439. The summed E-state index contributed by atoms with van der Waals surface area (Å²) in [4.78, 5) is 29.9. The summed E-state index contributed by atoms with van der Waals surface area (Å²) in [5, 5.41) is 4.44. The number of nitrogens with one attached hydrogen (secondary N) is 1. The van der Waals surface area contributed by atoms with Crippen LogP contribution in [0.3, 0.4) is 0 Å². The first kappa shape index (κ1) is 18.7. The Hall–Kier alpha value is -3.65. The summed E-state index contributed by atoms with van der Waals surface area (Å²) in [5.41, 5.74) is 8.35. The molecule has 0 unspecified atom stereocenters. The summed E-state index contributed by atoms with van der Waals surface area (Å²) in [6.07, 6.45) is 0. The highest BCUT2D eigenvalue weighted by atomic mass is 32.1. The monoisotopic (exact) mass is 407 g/mol. The van der Waals surface area contributed by atoms with Gasteiger partial charge in [-0.25, -0.2) is 9.78 Å². The van der Waals surface area contributed by atoms with Crippen LogP contribution < -0.4 is 15.8 Å². The number of thiophene rings is 1. The van der Waals surface area contributed by atoms with Crippen molar-refractivity contribution >= 4 is 55.7 Å². The summed E-state index contributed by atoms with van der Waals surface area (Å²) >= 11 is 1.23. The molecule has 2 heterocycles. The van der Waals surface area contributed by atoms with E-state index in [1.54, 1.807) is 31.4 Å². The molecule has 0 radical (unpaired) electrons. The Morgan fingerprint density at radius 1 is 1.07 bits per heavy atom. The first-order chi connectivity index (χ1) is 14.0. The van der Waals surface area contributed by atoms with Gasteiger partial charge in [-0.1, -0.05) is 0 Å². The fraction of sp³-hybridized carbons (Fsp3) is 0.0952. The molecule has 3 N–H and O–H groups in total.